The molecule has 0 aliphatic rings. The molecule has 19 heavy (non-hydrogen) atoms. The first-order chi connectivity index (χ1) is 9.08. The maximum Gasteiger partial charge on any atom is 0.123 e. The topological polar surface area (TPSA) is 20.2 Å². The predicted molar refractivity (Wildman–Crippen MR) is 77.8 cm³/mol. The van der Waals surface area contributed by atoms with Gasteiger partial charge >= 0.3 is 0 Å². The minimum absolute atomic E-state index is 0.309. The quantitative estimate of drug-likeness (QED) is 0.831. The van der Waals surface area contributed by atoms with E-state index in [9.17, 15) is 9.50 Å². The first-order valence-corrected chi connectivity index (χ1v) is 7.21. The molecule has 1 atom stereocenters. The molecule has 100 valence electrons. The molecular formula is C16H17FOS. The van der Waals surface area contributed by atoms with Crippen LogP contribution in [0.3, 0.4) is 0 Å². The molecule has 0 aliphatic carbocycles. The van der Waals surface area contributed by atoms with Crippen molar-refractivity contribution in [3.8, 4) is 0 Å². The van der Waals surface area contributed by atoms with Gasteiger partial charge < -0.3 is 5.11 Å². The van der Waals surface area contributed by atoms with Gasteiger partial charge in [-0.2, -0.15) is 0 Å². The minimum atomic E-state index is -0.657. The largest absolute Gasteiger partial charge is 0.389 e. The van der Waals surface area contributed by atoms with Gasteiger partial charge in [0, 0.05) is 10.6 Å². The van der Waals surface area contributed by atoms with Crippen molar-refractivity contribution in [2.24, 2.45) is 0 Å². The van der Waals surface area contributed by atoms with Crippen molar-refractivity contribution < 1.29 is 9.50 Å². The van der Waals surface area contributed by atoms with Crippen LogP contribution in [-0.2, 0) is 5.75 Å². The van der Waals surface area contributed by atoms with E-state index in [0.29, 0.717) is 5.56 Å². The highest BCUT2D eigenvalue weighted by molar-refractivity contribution is 7.98. The third kappa shape index (κ3) is 3.58. The lowest BCUT2D eigenvalue weighted by Crippen LogP contribution is -1.96. The third-order valence-electron chi connectivity index (χ3n) is 3.07. The number of hydrogen-bond acceptors (Lipinski definition) is 2. The number of aliphatic hydroxyl groups excluding tert-OH is 1. The number of benzene rings is 2. The van der Waals surface area contributed by atoms with Crippen molar-refractivity contribution >= 4 is 11.8 Å². The number of aryl methyl sites for hydroxylation is 1. The Morgan fingerprint density at radius 2 is 1.95 bits per heavy atom. The fraction of sp³-hybridized carbons (Fsp3) is 0.250. The van der Waals surface area contributed by atoms with E-state index in [0.717, 1.165) is 10.6 Å². The molecule has 0 saturated carbocycles. The van der Waals surface area contributed by atoms with Crippen molar-refractivity contribution in [1.82, 2.24) is 0 Å². The molecule has 0 saturated heterocycles. The van der Waals surface area contributed by atoms with Crippen LogP contribution >= 0.6 is 11.8 Å². The predicted octanol–water partition coefficient (Wildman–Crippen LogP) is 4.48. The van der Waals surface area contributed by atoms with Crippen LogP contribution < -0.4 is 0 Å². The Labute approximate surface area is 117 Å². The van der Waals surface area contributed by atoms with Crippen LogP contribution in [0.1, 0.15) is 29.7 Å². The molecule has 0 bridgehead atoms. The number of hydrogen-bond donors (Lipinski definition) is 1. The van der Waals surface area contributed by atoms with Gasteiger partial charge in [0.25, 0.3) is 0 Å². The molecule has 0 amide bonds. The molecule has 0 aromatic heterocycles. The van der Waals surface area contributed by atoms with Crippen LogP contribution in [-0.4, -0.2) is 5.11 Å². The molecule has 2 rings (SSSR count). The molecule has 0 spiro atoms. The summed E-state index contributed by atoms with van der Waals surface area (Å²) in [6, 6.07) is 12.8. The zero-order valence-electron chi connectivity index (χ0n) is 11.1. The third-order valence-corrected chi connectivity index (χ3v) is 4.20. The Morgan fingerprint density at radius 3 is 2.63 bits per heavy atom. The minimum Gasteiger partial charge on any atom is -0.389 e. The second-order valence-corrected chi connectivity index (χ2v) is 5.59. The van der Waals surface area contributed by atoms with Gasteiger partial charge in [-0.05, 0) is 48.7 Å². The van der Waals surface area contributed by atoms with Gasteiger partial charge in [0.2, 0.25) is 0 Å². The Morgan fingerprint density at radius 1 is 1.21 bits per heavy atom. The van der Waals surface area contributed by atoms with Crippen LogP contribution in [0.4, 0.5) is 4.39 Å². The smallest absolute Gasteiger partial charge is 0.123 e. The maximum absolute atomic E-state index is 13.2. The zero-order valence-corrected chi connectivity index (χ0v) is 11.9. The van der Waals surface area contributed by atoms with Gasteiger partial charge in [0.1, 0.15) is 5.82 Å². The van der Waals surface area contributed by atoms with Crippen molar-refractivity contribution in [2.45, 2.75) is 30.6 Å². The Hall–Kier alpha value is -1.32. The van der Waals surface area contributed by atoms with Crippen molar-refractivity contribution in [3.63, 3.8) is 0 Å². The highest BCUT2D eigenvalue weighted by atomic mass is 32.2. The summed E-state index contributed by atoms with van der Waals surface area (Å²) in [6.07, 6.45) is -0.657. The Kier molecular flexibility index (Phi) is 4.61. The van der Waals surface area contributed by atoms with Crippen molar-refractivity contribution in [2.75, 3.05) is 0 Å². The van der Waals surface area contributed by atoms with Crippen LogP contribution in [0, 0.1) is 12.7 Å². The molecule has 2 aromatic rings. The second-order valence-electron chi connectivity index (χ2n) is 4.57. The van der Waals surface area contributed by atoms with Gasteiger partial charge in [-0.15, -0.1) is 11.8 Å². The molecule has 0 radical (unpaired) electrons. The van der Waals surface area contributed by atoms with Crippen LogP contribution in [0.2, 0.25) is 0 Å². The van der Waals surface area contributed by atoms with Gasteiger partial charge in [0.05, 0.1) is 6.10 Å². The molecule has 0 heterocycles. The number of rotatable bonds is 4. The summed E-state index contributed by atoms with van der Waals surface area (Å²) in [5, 5.41) is 9.70. The standard InChI is InChI=1S/C16H17FOS/c1-11-5-3-4-6-13(11)10-19-16-8-7-14(17)9-15(16)12(2)18/h3-9,12,18H,10H2,1-2H3/t12-/m1/s1. The highest BCUT2D eigenvalue weighted by Gasteiger charge is 2.10. The van der Waals surface area contributed by atoms with Crippen molar-refractivity contribution in [3.05, 3.63) is 65.0 Å². The molecule has 0 fully saturated rings. The fourth-order valence-corrected chi connectivity index (χ4v) is 3.10. The lowest BCUT2D eigenvalue weighted by Gasteiger charge is -2.12. The zero-order chi connectivity index (χ0) is 13.8. The molecule has 1 N–H and O–H groups in total. The molecule has 2 aromatic carbocycles. The number of aliphatic hydroxyl groups is 1. The highest BCUT2D eigenvalue weighted by Crippen LogP contribution is 2.31. The lowest BCUT2D eigenvalue weighted by molar-refractivity contribution is 0.196. The van der Waals surface area contributed by atoms with Gasteiger partial charge in [-0.1, -0.05) is 24.3 Å². The molecule has 0 aliphatic heterocycles. The van der Waals surface area contributed by atoms with Gasteiger partial charge in [-0.3, -0.25) is 0 Å². The van der Waals surface area contributed by atoms with E-state index in [1.54, 1.807) is 24.8 Å². The van der Waals surface area contributed by atoms with E-state index in [4.69, 9.17) is 0 Å². The SMILES string of the molecule is Cc1ccccc1CSc1ccc(F)cc1[C@@H](C)O. The maximum atomic E-state index is 13.2. The van der Waals surface area contributed by atoms with E-state index < -0.39 is 6.10 Å². The van der Waals surface area contributed by atoms with Crippen LogP contribution in [0.5, 0.6) is 0 Å². The van der Waals surface area contributed by atoms with Gasteiger partial charge in [-0.25, -0.2) is 4.39 Å². The van der Waals surface area contributed by atoms with Crippen LogP contribution in [0.15, 0.2) is 47.4 Å². The van der Waals surface area contributed by atoms with Crippen LogP contribution in [0.25, 0.3) is 0 Å². The summed E-state index contributed by atoms with van der Waals surface area (Å²) in [5.41, 5.74) is 3.16. The summed E-state index contributed by atoms with van der Waals surface area (Å²) in [6.45, 7) is 3.74. The van der Waals surface area contributed by atoms with Crippen molar-refractivity contribution in [1.29, 1.82) is 0 Å². The van der Waals surface area contributed by atoms with E-state index in [1.165, 1.54) is 23.3 Å². The summed E-state index contributed by atoms with van der Waals surface area (Å²) in [5.74, 6) is 0.508. The average molecular weight is 276 g/mol. The number of thioether (sulfide) groups is 1. The van der Waals surface area contributed by atoms with E-state index >= 15 is 0 Å². The molecule has 0 unspecified atom stereocenters. The van der Waals surface area contributed by atoms with E-state index in [-0.39, 0.29) is 5.82 Å². The fourth-order valence-electron chi connectivity index (χ4n) is 1.90. The lowest BCUT2D eigenvalue weighted by atomic mass is 10.1. The summed E-state index contributed by atoms with van der Waals surface area (Å²) in [7, 11) is 0. The molecule has 3 heteroatoms. The normalized spacial score (nSPS) is 12.4. The first kappa shape index (κ1) is 14.1. The molecule has 1 nitrogen and oxygen atoms in total. The number of halogens is 1. The second kappa shape index (κ2) is 6.22. The first-order valence-electron chi connectivity index (χ1n) is 6.22. The summed E-state index contributed by atoms with van der Waals surface area (Å²) in [4.78, 5) is 0.930. The van der Waals surface area contributed by atoms with Gasteiger partial charge in [0.15, 0.2) is 0 Å². The Balaban J connectivity index is 2.18. The van der Waals surface area contributed by atoms with E-state index in [1.807, 2.05) is 12.1 Å². The van der Waals surface area contributed by atoms with E-state index in [2.05, 4.69) is 19.1 Å². The Bertz CT molecular complexity index is 566. The molecular weight excluding hydrogens is 259 g/mol. The average Bonchev–Trinajstić information content (AvgIpc) is 2.38. The monoisotopic (exact) mass is 276 g/mol. The summed E-state index contributed by atoms with van der Waals surface area (Å²) < 4.78 is 13.2. The summed E-state index contributed by atoms with van der Waals surface area (Å²) >= 11 is 1.62.